The molecular weight excluding hydrogens is 365 g/mol. The van der Waals surface area contributed by atoms with Crippen molar-refractivity contribution >= 4 is 11.6 Å². The van der Waals surface area contributed by atoms with Crippen LogP contribution in [0, 0.1) is 11.3 Å². The fourth-order valence-corrected chi connectivity index (χ4v) is 4.63. The molecule has 3 atom stereocenters. The summed E-state index contributed by atoms with van der Waals surface area (Å²) in [7, 11) is 0. The fraction of sp³-hybridized carbons (Fsp3) is 0.409. The first-order chi connectivity index (χ1) is 13.3. The van der Waals surface area contributed by atoms with E-state index in [-0.39, 0.29) is 5.91 Å². The zero-order chi connectivity index (χ0) is 19.8. The zero-order valence-electron chi connectivity index (χ0n) is 15.5. The van der Waals surface area contributed by atoms with Crippen LogP contribution in [0.4, 0.5) is 18.9 Å². The van der Waals surface area contributed by atoms with Crippen LogP contribution in [0.25, 0.3) is 0 Å². The number of piperidine rings is 1. The Morgan fingerprint density at radius 1 is 1.11 bits per heavy atom. The van der Waals surface area contributed by atoms with Crippen LogP contribution < -0.4 is 5.32 Å². The first-order valence-corrected chi connectivity index (χ1v) is 9.59. The van der Waals surface area contributed by atoms with E-state index >= 15 is 0 Å². The van der Waals surface area contributed by atoms with Crippen molar-refractivity contribution in [3.63, 3.8) is 0 Å². The molecule has 0 aromatic heterocycles. The molecule has 28 heavy (non-hydrogen) atoms. The second-order valence-electron chi connectivity index (χ2n) is 8.07. The van der Waals surface area contributed by atoms with E-state index in [1.807, 2.05) is 30.3 Å². The first kappa shape index (κ1) is 19.0. The predicted molar refractivity (Wildman–Crippen MR) is 102 cm³/mol. The smallest absolute Gasteiger partial charge is 0.326 e. The highest BCUT2D eigenvalue weighted by Crippen LogP contribution is 2.42. The Bertz CT molecular complexity index is 821. The highest BCUT2D eigenvalue weighted by Gasteiger charge is 2.47. The molecule has 2 aliphatic rings. The minimum absolute atomic E-state index is 0.104. The lowest BCUT2D eigenvalue weighted by atomic mass is 9.72. The SMILES string of the molecule is O=C(Nc1ccc(C(F)(F)F)cc1)C1(Cc2ccccc2)CC2CCN(C2)C1. The third-order valence-corrected chi connectivity index (χ3v) is 5.91. The third-order valence-electron chi connectivity index (χ3n) is 5.91. The van der Waals surface area contributed by atoms with Gasteiger partial charge >= 0.3 is 6.18 Å². The molecule has 1 amide bonds. The molecule has 2 aromatic rings. The Balaban J connectivity index is 1.57. The molecule has 2 aliphatic heterocycles. The summed E-state index contributed by atoms with van der Waals surface area (Å²) in [4.78, 5) is 15.7. The number of nitrogens with zero attached hydrogens (tertiary/aromatic N) is 1. The molecule has 0 saturated carbocycles. The molecule has 0 spiro atoms. The Labute approximate surface area is 162 Å². The lowest BCUT2D eigenvalue weighted by Gasteiger charge is -2.40. The van der Waals surface area contributed by atoms with Crippen LogP contribution in [0.1, 0.15) is 24.0 Å². The number of carbonyl (C=O) groups is 1. The number of hydrogen-bond donors (Lipinski definition) is 1. The summed E-state index contributed by atoms with van der Waals surface area (Å²) in [5.41, 5.74) is 0.223. The first-order valence-electron chi connectivity index (χ1n) is 9.59. The number of rotatable bonds is 4. The summed E-state index contributed by atoms with van der Waals surface area (Å²) in [5, 5.41) is 2.89. The Morgan fingerprint density at radius 2 is 1.82 bits per heavy atom. The van der Waals surface area contributed by atoms with Gasteiger partial charge in [0.25, 0.3) is 0 Å². The van der Waals surface area contributed by atoms with Gasteiger partial charge in [0.2, 0.25) is 5.91 Å². The normalized spacial score (nSPS) is 26.8. The summed E-state index contributed by atoms with van der Waals surface area (Å²) in [6, 6.07) is 14.6. The van der Waals surface area contributed by atoms with Gasteiger partial charge < -0.3 is 10.2 Å². The monoisotopic (exact) mass is 388 g/mol. The predicted octanol–water partition coefficient (Wildman–Crippen LogP) is 4.60. The highest BCUT2D eigenvalue weighted by atomic mass is 19.4. The van der Waals surface area contributed by atoms with E-state index < -0.39 is 17.2 Å². The number of halogens is 3. The average molecular weight is 388 g/mol. The van der Waals surface area contributed by atoms with Crippen LogP contribution in [0.15, 0.2) is 54.6 Å². The van der Waals surface area contributed by atoms with Crippen LogP contribution in [0.2, 0.25) is 0 Å². The standard InChI is InChI=1S/C22H23F3N2O/c23-22(24,25)18-6-8-19(9-7-18)26-20(28)21(12-16-4-2-1-3-5-16)13-17-10-11-27(14-17)15-21/h1-9,17H,10-15H2,(H,26,28). The van der Waals surface area contributed by atoms with Gasteiger partial charge in [-0.05, 0) is 61.6 Å². The molecule has 2 heterocycles. The maximum absolute atomic E-state index is 13.3. The van der Waals surface area contributed by atoms with Gasteiger partial charge in [-0.2, -0.15) is 13.2 Å². The number of carbonyl (C=O) groups excluding carboxylic acids is 1. The lowest BCUT2D eigenvalue weighted by Crippen LogP contribution is -2.50. The van der Waals surface area contributed by atoms with Gasteiger partial charge in [0, 0.05) is 18.8 Å². The number of anilines is 1. The van der Waals surface area contributed by atoms with Crippen molar-refractivity contribution in [3.05, 3.63) is 65.7 Å². The van der Waals surface area contributed by atoms with Crippen molar-refractivity contribution in [1.29, 1.82) is 0 Å². The molecule has 2 aromatic carbocycles. The van der Waals surface area contributed by atoms with E-state index in [1.54, 1.807) is 0 Å². The van der Waals surface area contributed by atoms with Crippen LogP contribution in [0.5, 0.6) is 0 Å². The summed E-state index contributed by atoms with van der Waals surface area (Å²) in [5.74, 6) is 0.392. The summed E-state index contributed by atoms with van der Waals surface area (Å²) >= 11 is 0. The van der Waals surface area contributed by atoms with Gasteiger partial charge in [0.05, 0.1) is 11.0 Å². The molecule has 1 N–H and O–H groups in total. The fourth-order valence-electron chi connectivity index (χ4n) is 4.63. The largest absolute Gasteiger partial charge is 0.416 e. The Hall–Kier alpha value is -2.34. The topological polar surface area (TPSA) is 32.3 Å². The molecule has 2 fully saturated rings. The number of nitrogens with one attached hydrogen (secondary N) is 1. The van der Waals surface area contributed by atoms with E-state index in [9.17, 15) is 18.0 Å². The zero-order valence-corrected chi connectivity index (χ0v) is 15.5. The molecule has 3 nitrogen and oxygen atoms in total. The molecule has 4 rings (SSSR count). The van der Waals surface area contributed by atoms with Crippen molar-refractivity contribution in [1.82, 2.24) is 4.90 Å². The summed E-state index contributed by atoms with van der Waals surface area (Å²) < 4.78 is 38.3. The molecule has 3 unspecified atom stereocenters. The van der Waals surface area contributed by atoms with Crippen molar-refractivity contribution in [3.8, 4) is 0 Å². The van der Waals surface area contributed by atoms with E-state index in [2.05, 4.69) is 10.2 Å². The highest BCUT2D eigenvalue weighted by molar-refractivity contribution is 5.96. The summed E-state index contributed by atoms with van der Waals surface area (Å²) in [6.07, 6.45) is -1.84. The van der Waals surface area contributed by atoms with Crippen molar-refractivity contribution < 1.29 is 18.0 Å². The number of fused-ring (bicyclic) bond motifs is 2. The Kier molecular flexibility index (Phi) is 4.91. The Morgan fingerprint density at radius 3 is 2.46 bits per heavy atom. The van der Waals surface area contributed by atoms with Crippen molar-refractivity contribution in [2.45, 2.75) is 25.4 Å². The van der Waals surface area contributed by atoms with Crippen LogP contribution in [-0.2, 0) is 17.4 Å². The molecule has 0 aliphatic carbocycles. The van der Waals surface area contributed by atoms with Gasteiger partial charge in [-0.3, -0.25) is 4.79 Å². The van der Waals surface area contributed by atoms with Gasteiger partial charge in [-0.25, -0.2) is 0 Å². The maximum atomic E-state index is 13.3. The molecule has 2 bridgehead atoms. The minimum Gasteiger partial charge on any atom is -0.326 e. The van der Waals surface area contributed by atoms with Crippen LogP contribution in [0.3, 0.4) is 0 Å². The van der Waals surface area contributed by atoms with Crippen LogP contribution in [-0.4, -0.2) is 30.4 Å². The molecule has 148 valence electrons. The number of benzene rings is 2. The average Bonchev–Trinajstić information content (AvgIpc) is 3.01. The molecule has 6 heteroatoms. The molecule has 0 radical (unpaired) electrons. The second kappa shape index (κ2) is 7.24. The maximum Gasteiger partial charge on any atom is 0.416 e. The lowest BCUT2D eigenvalue weighted by molar-refractivity contribution is -0.137. The van der Waals surface area contributed by atoms with Gasteiger partial charge in [-0.15, -0.1) is 0 Å². The van der Waals surface area contributed by atoms with Crippen molar-refractivity contribution in [2.24, 2.45) is 11.3 Å². The van der Waals surface area contributed by atoms with Crippen molar-refractivity contribution in [2.75, 3.05) is 25.0 Å². The van der Waals surface area contributed by atoms with Gasteiger partial charge in [0.1, 0.15) is 0 Å². The quantitative estimate of drug-likeness (QED) is 0.830. The number of hydrogen-bond acceptors (Lipinski definition) is 2. The molecular formula is C22H23F3N2O. The van der Waals surface area contributed by atoms with E-state index in [0.29, 0.717) is 24.6 Å². The van der Waals surface area contributed by atoms with E-state index in [1.165, 1.54) is 12.1 Å². The summed E-state index contributed by atoms with van der Waals surface area (Å²) in [6.45, 7) is 2.73. The van der Waals surface area contributed by atoms with E-state index in [4.69, 9.17) is 0 Å². The van der Waals surface area contributed by atoms with Crippen LogP contribution >= 0.6 is 0 Å². The second-order valence-corrected chi connectivity index (χ2v) is 8.07. The number of amides is 1. The van der Waals surface area contributed by atoms with Gasteiger partial charge in [0.15, 0.2) is 0 Å². The number of alkyl halides is 3. The van der Waals surface area contributed by atoms with E-state index in [0.717, 1.165) is 43.6 Å². The third kappa shape index (κ3) is 3.92. The minimum atomic E-state index is -4.38. The molecule has 2 saturated heterocycles. The van der Waals surface area contributed by atoms with Gasteiger partial charge in [-0.1, -0.05) is 30.3 Å².